The van der Waals surface area contributed by atoms with Gasteiger partial charge in [0.2, 0.25) is 5.91 Å². The minimum absolute atomic E-state index is 0.128. The minimum atomic E-state index is -0.128. The van der Waals surface area contributed by atoms with Gasteiger partial charge in [0.25, 0.3) is 0 Å². The van der Waals surface area contributed by atoms with Gasteiger partial charge in [-0.15, -0.1) is 21.5 Å². The van der Waals surface area contributed by atoms with Crippen LogP contribution in [0.1, 0.15) is 11.3 Å². The summed E-state index contributed by atoms with van der Waals surface area (Å²) in [5.41, 5.74) is 4.85. The first-order chi connectivity index (χ1) is 18.6. The number of fused-ring (bicyclic) bond motifs is 1. The summed E-state index contributed by atoms with van der Waals surface area (Å²) in [5, 5.41) is 13.3. The van der Waals surface area contributed by atoms with Crippen molar-refractivity contribution in [3.05, 3.63) is 96.7 Å². The highest BCUT2D eigenvalue weighted by Crippen LogP contribution is 2.31. The third-order valence-corrected chi connectivity index (χ3v) is 7.88. The number of rotatable bonds is 8. The quantitative estimate of drug-likeness (QED) is 0.227. The number of aromatic nitrogens is 5. The molecule has 0 aliphatic rings. The van der Waals surface area contributed by atoms with Gasteiger partial charge in [0.1, 0.15) is 10.8 Å². The fourth-order valence-electron chi connectivity index (χ4n) is 3.99. The monoisotopic (exact) mass is 538 g/mol. The van der Waals surface area contributed by atoms with Crippen LogP contribution in [-0.4, -0.2) is 36.4 Å². The molecule has 4 heterocycles. The van der Waals surface area contributed by atoms with E-state index >= 15 is 0 Å². The summed E-state index contributed by atoms with van der Waals surface area (Å²) in [6, 6.07) is 21.5. The molecule has 2 aromatic carbocycles. The zero-order chi connectivity index (χ0) is 25.9. The number of pyridine rings is 1. The van der Waals surface area contributed by atoms with Crippen molar-refractivity contribution in [2.45, 2.75) is 18.6 Å². The number of aryl methyl sites for hydroxylation is 1. The van der Waals surface area contributed by atoms with Crippen molar-refractivity contribution < 1.29 is 9.21 Å². The van der Waals surface area contributed by atoms with E-state index in [0.717, 1.165) is 33.1 Å². The number of anilines is 1. The Morgan fingerprint density at radius 3 is 2.66 bits per heavy atom. The van der Waals surface area contributed by atoms with E-state index in [9.17, 15) is 4.79 Å². The number of hydrogen-bond donors (Lipinski definition) is 1. The number of thioether (sulfide) groups is 1. The molecule has 1 amide bonds. The second-order valence-corrected chi connectivity index (χ2v) is 10.6. The van der Waals surface area contributed by atoms with Crippen LogP contribution < -0.4 is 5.32 Å². The van der Waals surface area contributed by atoms with Crippen LogP contribution in [0.25, 0.3) is 32.2 Å². The Morgan fingerprint density at radius 1 is 1.03 bits per heavy atom. The Balaban J connectivity index is 1.13. The van der Waals surface area contributed by atoms with Gasteiger partial charge in [-0.25, -0.2) is 4.98 Å². The van der Waals surface area contributed by atoms with E-state index in [4.69, 9.17) is 9.40 Å². The van der Waals surface area contributed by atoms with Crippen LogP contribution in [0, 0.1) is 6.92 Å². The normalized spacial score (nSPS) is 11.2. The Labute approximate surface area is 226 Å². The fraction of sp³-hybridized carbons (Fsp3) is 0.107. The number of furan rings is 1. The summed E-state index contributed by atoms with van der Waals surface area (Å²) in [7, 11) is 0. The first-order valence-corrected chi connectivity index (χ1v) is 13.7. The molecule has 0 radical (unpaired) electrons. The summed E-state index contributed by atoms with van der Waals surface area (Å²) in [6.45, 7) is 2.53. The summed E-state index contributed by atoms with van der Waals surface area (Å²) >= 11 is 2.99. The van der Waals surface area contributed by atoms with Crippen molar-refractivity contribution in [3.8, 4) is 22.0 Å². The van der Waals surface area contributed by atoms with E-state index in [0.29, 0.717) is 17.5 Å². The van der Waals surface area contributed by atoms with E-state index in [2.05, 4.69) is 39.6 Å². The fourth-order valence-corrected chi connectivity index (χ4v) is 5.80. The molecule has 0 aliphatic carbocycles. The lowest BCUT2D eigenvalue weighted by Crippen LogP contribution is -2.14. The smallest absolute Gasteiger partial charge is 0.234 e. The Kier molecular flexibility index (Phi) is 6.72. The molecule has 8 nitrogen and oxygen atoms in total. The van der Waals surface area contributed by atoms with E-state index in [1.807, 2.05) is 59.2 Å². The van der Waals surface area contributed by atoms with Crippen LogP contribution in [-0.2, 0) is 11.3 Å². The molecule has 0 spiro atoms. The largest absolute Gasteiger partial charge is 0.467 e. The third-order valence-electron chi connectivity index (χ3n) is 5.84. The first kappa shape index (κ1) is 24.1. The predicted octanol–water partition coefficient (Wildman–Crippen LogP) is 6.30. The number of thiazole rings is 1. The Morgan fingerprint density at radius 2 is 1.87 bits per heavy atom. The number of nitrogens with zero attached hydrogens (tertiary/aromatic N) is 5. The number of benzene rings is 2. The molecule has 0 aliphatic heterocycles. The SMILES string of the molecule is Cc1ccc2nc(-c3ccc(NC(=O)CSc4nnc(-c5ccncc5)n4Cc4ccco4)cc3)sc2c1. The van der Waals surface area contributed by atoms with Crippen molar-refractivity contribution >= 4 is 44.9 Å². The number of hydrogen-bond acceptors (Lipinski definition) is 8. The van der Waals surface area contributed by atoms with Gasteiger partial charge in [0, 0.05) is 29.2 Å². The van der Waals surface area contributed by atoms with Crippen molar-refractivity contribution in [1.29, 1.82) is 0 Å². The van der Waals surface area contributed by atoms with E-state index in [-0.39, 0.29) is 11.7 Å². The van der Waals surface area contributed by atoms with Crippen LogP contribution in [0.5, 0.6) is 0 Å². The Bertz CT molecular complexity index is 1690. The number of nitrogens with one attached hydrogen (secondary N) is 1. The molecule has 0 bridgehead atoms. The van der Waals surface area contributed by atoms with Gasteiger partial charge in [0.15, 0.2) is 11.0 Å². The maximum absolute atomic E-state index is 12.8. The second kappa shape index (κ2) is 10.6. The summed E-state index contributed by atoms with van der Waals surface area (Å²) in [6.07, 6.45) is 5.06. The molecule has 10 heteroatoms. The molecule has 0 fully saturated rings. The lowest BCUT2D eigenvalue weighted by molar-refractivity contribution is -0.113. The van der Waals surface area contributed by atoms with Gasteiger partial charge in [-0.1, -0.05) is 17.8 Å². The number of amides is 1. The molecule has 38 heavy (non-hydrogen) atoms. The Hall–Kier alpha value is -4.28. The van der Waals surface area contributed by atoms with E-state index in [1.54, 1.807) is 30.0 Å². The molecule has 0 atom stereocenters. The zero-order valence-corrected chi connectivity index (χ0v) is 22.0. The molecular weight excluding hydrogens is 516 g/mol. The van der Waals surface area contributed by atoms with Crippen LogP contribution >= 0.6 is 23.1 Å². The summed E-state index contributed by atoms with van der Waals surface area (Å²) in [5.74, 6) is 1.52. The lowest BCUT2D eigenvalue weighted by Gasteiger charge is -2.09. The summed E-state index contributed by atoms with van der Waals surface area (Å²) < 4.78 is 8.65. The first-order valence-electron chi connectivity index (χ1n) is 11.9. The van der Waals surface area contributed by atoms with Gasteiger partial charge in [-0.05, 0) is 73.2 Å². The highest BCUT2D eigenvalue weighted by Gasteiger charge is 2.17. The van der Waals surface area contributed by atoms with E-state index in [1.165, 1.54) is 22.0 Å². The van der Waals surface area contributed by atoms with Gasteiger partial charge < -0.3 is 9.73 Å². The molecule has 0 saturated heterocycles. The van der Waals surface area contributed by atoms with Crippen molar-refractivity contribution in [2.75, 3.05) is 11.1 Å². The average Bonchev–Trinajstić information content (AvgIpc) is 3.69. The molecule has 1 N–H and O–H groups in total. The summed E-state index contributed by atoms with van der Waals surface area (Å²) in [4.78, 5) is 21.6. The minimum Gasteiger partial charge on any atom is -0.467 e. The molecule has 188 valence electrons. The maximum Gasteiger partial charge on any atom is 0.234 e. The molecule has 6 rings (SSSR count). The van der Waals surface area contributed by atoms with Gasteiger partial charge in [-0.3, -0.25) is 14.3 Å². The second-order valence-electron chi connectivity index (χ2n) is 8.61. The number of carbonyl (C=O) groups is 1. The third kappa shape index (κ3) is 5.22. The van der Waals surface area contributed by atoms with Crippen LogP contribution in [0.15, 0.2) is 95.0 Å². The molecule has 0 unspecified atom stereocenters. The van der Waals surface area contributed by atoms with E-state index < -0.39 is 0 Å². The molecule has 0 saturated carbocycles. The van der Waals surface area contributed by atoms with Gasteiger partial charge >= 0.3 is 0 Å². The van der Waals surface area contributed by atoms with Crippen LogP contribution in [0.3, 0.4) is 0 Å². The standard InChI is InChI=1S/C28H22N6O2S2/c1-18-4-9-23-24(15-18)38-27(31-23)20-5-7-21(8-6-20)30-25(35)17-37-28-33-32-26(19-10-12-29-13-11-19)34(28)16-22-3-2-14-36-22/h2-15H,16-17H2,1H3,(H,30,35). The molecule has 4 aromatic heterocycles. The highest BCUT2D eigenvalue weighted by atomic mass is 32.2. The van der Waals surface area contributed by atoms with Gasteiger partial charge in [0.05, 0.1) is 28.8 Å². The predicted molar refractivity (Wildman–Crippen MR) is 150 cm³/mol. The van der Waals surface area contributed by atoms with Crippen LogP contribution in [0.2, 0.25) is 0 Å². The lowest BCUT2D eigenvalue weighted by atomic mass is 10.2. The molecular formula is C28H22N6O2S2. The van der Waals surface area contributed by atoms with Gasteiger partial charge in [-0.2, -0.15) is 0 Å². The van der Waals surface area contributed by atoms with Crippen molar-refractivity contribution in [2.24, 2.45) is 0 Å². The highest BCUT2D eigenvalue weighted by molar-refractivity contribution is 7.99. The average molecular weight is 539 g/mol. The molecule has 6 aromatic rings. The van der Waals surface area contributed by atoms with Crippen molar-refractivity contribution in [1.82, 2.24) is 24.7 Å². The zero-order valence-electron chi connectivity index (χ0n) is 20.4. The topological polar surface area (TPSA) is 98.7 Å². The van der Waals surface area contributed by atoms with Crippen LogP contribution in [0.4, 0.5) is 5.69 Å². The maximum atomic E-state index is 12.8. The number of carbonyl (C=O) groups excluding carboxylic acids is 1. The van der Waals surface area contributed by atoms with Crippen molar-refractivity contribution in [3.63, 3.8) is 0 Å².